The van der Waals surface area contributed by atoms with Gasteiger partial charge in [-0.05, 0) is 49.9 Å². The zero-order valence-corrected chi connectivity index (χ0v) is 13.2. The first-order valence-corrected chi connectivity index (χ1v) is 8.72. The summed E-state index contributed by atoms with van der Waals surface area (Å²) >= 11 is 0. The average molecular weight is 302 g/mol. The Kier molecular flexibility index (Phi) is 4.16. The molecular formula is C18H26N2O2. The van der Waals surface area contributed by atoms with Gasteiger partial charge in [-0.25, -0.2) is 0 Å². The van der Waals surface area contributed by atoms with Crippen LogP contribution < -0.4 is 0 Å². The van der Waals surface area contributed by atoms with Gasteiger partial charge in [0.15, 0.2) is 0 Å². The van der Waals surface area contributed by atoms with E-state index in [1.807, 2.05) is 24.5 Å². The summed E-state index contributed by atoms with van der Waals surface area (Å²) in [5.74, 6) is 0. The van der Waals surface area contributed by atoms with Crippen LogP contribution in [0.15, 0.2) is 24.5 Å². The van der Waals surface area contributed by atoms with Crippen LogP contribution in [0.25, 0.3) is 0 Å². The summed E-state index contributed by atoms with van der Waals surface area (Å²) in [6.45, 7) is 3.80. The molecule has 2 saturated heterocycles. The van der Waals surface area contributed by atoms with E-state index in [1.165, 1.54) is 44.2 Å². The van der Waals surface area contributed by atoms with Gasteiger partial charge in [-0.1, -0.05) is 6.42 Å². The van der Waals surface area contributed by atoms with E-state index in [9.17, 15) is 0 Å². The van der Waals surface area contributed by atoms with Crippen molar-refractivity contribution in [3.05, 3.63) is 30.1 Å². The molecule has 1 aliphatic carbocycles. The van der Waals surface area contributed by atoms with Crippen LogP contribution in [0, 0.1) is 0 Å². The fourth-order valence-electron chi connectivity index (χ4n) is 4.08. The number of hydrogen-bond acceptors (Lipinski definition) is 4. The molecule has 0 radical (unpaired) electrons. The molecular weight excluding hydrogens is 276 g/mol. The Morgan fingerprint density at radius 1 is 1.27 bits per heavy atom. The number of hydrogen-bond donors (Lipinski definition) is 0. The van der Waals surface area contributed by atoms with Crippen molar-refractivity contribution in [2.24, 2.45) is 0 Å². The number of nitrogens with zero attached hydrogens (tertiary/aromatic N) is 2. The maximum atomic E-state index is 6.25. The number of ether oxygens (including phenoxy) is 2. The van der Waals surface area contributed by atoms with Gasteiger partial charge >= 0.3 is 0 Å². The Morgan fingerprint density at radius 2 is 2.14 bits per heavy atom. The fraction of sp³-hybridized carbons (Fsp3) is 0.722. The quantitative estimate of drug-likeness (QED) is 0.856. The van der Waals surface area contributed by atoms with Gasteiger partial charge in [0.1, 0.15) is 0 Å². The lowest BCUT2D eigenvalue weighted by Crippen LogP contribution is -2.53. The van der Waals surface area contributed by atoms with Crippen LogP contribution in [-0.2, 0) is 16.1 Å². The molecule has 4 heteroatoms. The van der Waals surface area contributed by atoms with Crippen LogP contribution in [0.3, 0.4) is 0 Å². The van der Waals surface area contributed by atoms with Gasteiger partial charge < -0.3 is 9.47 Å². The minimum absolute atomic E-state index is 0.0662. The van der Waals surface area contributed by atoms with E-state index in [1.54, 1.807) is 0 Å². The topological polar surface area (TPSA) is 34.6 Å². The third-order valence-corrected chi connectivity index (χ3v) is 5.57. The first kappa shape index (κ1) is 14.6. The van der Waals surface area contributed by atoms with Crippen LogP contribution >= 0.6 is 0 Å². The molecule has 3 fully saturated rings. The van der Waals surface area contributed by atoms with Gasteiger partial charge in [-0.3, -0.25) is 9.88 Å². The lowest BCUT2D eigenvalue weighted by molar-refractivity contribution is -0.0707. The highest BCUT2D eigenvalue weighted by Crippen LogP contribution is 2.38. The second-order valence-corrected chi connectivity index (χ2v) is 7.15. The molecule has 2 aliphatic heterocycles. The fourth-order valence-corrected chi connectivity index (χ4v) is 4.08. The summed E-state index contributed by atoms with van der Waals surface area (Å²) in [6, 6.07) is 4.87. The Labute approximate surface area is 132 Å². The minimum atomic E-state index is 0.0662. The summed E-state index contributed by atoms with van der Waals surface area (Å²) in [6.07, 6.45) is 11.6. The minimum Gasteiger partial charge on any atom is -0.371 e. The Bertz CT molecular complexity index is 491. The number of rotatable bonds is 4. The molecule has 0 amide bonds. The zero-order valence-electron chi connectivity index (χ0n) is 13.2. The van der Waals surface area contributed by atoms with Gasteiger partial charge in [0.2, 0.25) is 0 Å². The molecule has 0 bridgehead atoms. The highest BCUT2D eigenvalue weighted by Gasteiger charge is 2.45. The Morgan fingerprint density at radius 3 is 2.91 bits per heavy atom. The van der Waals surface area contributed by atoms with Crippen molar-refractivity contribution in [3.8, 4) is 0 Å². The predicted molar refractivity (Wildman–Crippen MR) is 84.6 cm³/mol. The second-order valence-electron chi connectivity index (χ2n) is 7.15. The monoisotopic (exact) mass is 302 g/mol. The predicted octanol–water partition coefficient (Wildman–Crippen LogP) is 2.77. The highest BCUT2D eigenvalue weighted by atomic mass is 16.6. The summed E-state index contributed by atoms with van der Waals surface area (Å²) in [7, 11) is 0. The Balaban J connectivity index is 1.31. The Hall–Kier alpha value is -0.970. The lowest BCUT2D eigenvalue weighted by atomic mass is 9.84. The molecule has 0 N–H and O–H groups in total. The maximum Gasteiger partial charge on any atom is 0.0841 e. The van der Waals surface area contributed by atoms with Crippen LogP contribution in [-0.4, -0.2) is 47.3 Å². The molecule has 3 aliphatic rings. The molecule has 0 unspecified atom stereocenters. The van der Waals surface area contributed by atoms with E-state index in [2.05, 4.69) is 9.88 Å². The highest BCUT2D eigenvalue weighted by molar-refractivity contribution is 5.08. The lowest BCUT2D eigenvalue weighted by Gasteiger charge is -2.46. The first-order valence-electron chi connectivity index (χ1n) is 8.72. The molecule has 1 spiro atoms. The second kappa shape index (κ2) is 6.26. The smallest absolute Gasteiger partial charge is 0.0841 e. The SMILES string of the molecule is c1cc(CO[C@@H]2CO[C@@]3(CCCN(C4CCC4)C3)C2)ccn1. The molecule has 120 valence electrons. The van der Waals surface area contributed by atoms with Crippen molar-refractivity contribution in [1.29, 1.82) is 0 Å². The molecule has 1 aromatic heterocycles. The standard InChI is InChI=1S/C18H26N2O2/c1-3-16(4-1)20-10-2-7-18(14-20)11-17(13-22-18)21-12-15-5-8-19-9-6-15/h5-6,8-9,16-17H,1-4,7,10-14H2/t17-,18-/m0/s1. The van der Waals surface area contributed by atoms with E-state index < -0.39 is 0 Å². The summed E-state index contributed by atoms with van der Waals surface area (Å²) in [5, 5.41) is 0. The largest absolute Gasteiger partial charge is 0.371 e. The normalized spacial score (nSPS) is 33.2. The van der Waals surface area contributed by atoms with Crippen molar-refractivity contribution in [3.63, 3.8) is 0 Å². The summed E-state index contributed by atoms with van der Waals surface area (Å²) in [4.78, 5) is 6.72. The molecule has 4 rings (SSSR count). The van der Waals surface area contributed by atoms with Crippen LogP contribution in [0.5, 0.6) is 0 Å². The van der Waals surface area contributed by atoms with Gasteiger partial charge in [0.25, 0.3) is 0 Å². The maximum absolute atomic E-state index is 6.25. The summed E-state index contributed by atoms with van der Waals surface area (Å²) < 4.78 is 12.3. The van der Waals surface area contributed by atoms with E-state index in [-0.39, 0.29) is 11.7 Å². The number of piperidine rings is 1. The number of likely N-dealkylation sites (tertiary alicyclic amines) is 1. The van der Waals surface area contributed by atoms with Crippen molar-refractivity contribution >= 4 is 0 Å². The van der Waals surface area contributed by atoms with E-state index in [0.29, 0.717) is 6.61 Å². The van der Waals surface area contributed by atoms with Crippen LogP contribution in [0.4, 0.5) is 0 Å². The van der Waals surface area contributed by atoms with E-state index in [4.69, 9.17) is 9.47 Å². The molecule has 2 atom stereocenters. The molecule has 4 nitrogen and oxygen atoms in total. The zero-order chi connectivity index (χ0) is 14.8. The van der Waals surface area contributed by atoms with Gasteiger partial charge in [-0.15, -0.1) is 0 Å². The van der Waals surface area contributed by atoms with Gasteiger partial charge in [0.05, 0.1) is 24.9 Å². The van der Waals surface area contributed by atoms with Gasteiger partial charge in [0, 0.05) is 31.4 Å². The van der Waals surface area contributed by atoms with E-state index in [0.717, 1.165) is 25.6 Å². The van der Waals surface area contributed by atoms with Crippen LogP contribution in [0.2, 0.25) is 0 Å². The van der Waals surface area contributed by atoms with Crippen molar-refractivity contribution in [2.45, 2.75) is 62.9 Å². The molecule has 22 heavy (non-hydrogen) atoms. The molecule has 3 heterocycles. The first-order chi connectivity index (χ1) is 10.8. The molecule has 1 saturated carbocycles. The summed E-state index contributed by atoms with van der Waals surface area (Å²) in [5.41, 5.74) is 1.26. The van der Waals surface area contributed by atoms with Crippen molar-refractivity contribution < 1.29 is 9.47 Å². The third kappa shape index (κ3) is 3.05. The van der Waals surface area contributed by atoms with Gasteiger partial charge in [-0.2, -0.15) is 0 Å². The van der Waals surface area contributed by atoms with E-state index >= 15 is 0 Å². The third-order valence-electron chi connectivity index (χ3n) is 5.57. The number of aromatic nitrogens is 1. The van der Waals surface area contributed by atoms with Crippen molar-refractivity contribution in [1.82, 2.24) is 9.88 Å². The molecule has 1 aromatic rings. The number of pyridine rings is 1. The van der Waals surface area contributed by atoms with Crippen molar-refractivity contribution in [2.75, 3.05) is 19.7 Å². The molecule has 0 aromatic carbocycles. The van der Waals surface area contributed by atoms with Crippen LogP contribution in [0.1, 0.15) is 44.1 Å². The average Bonchev–Trinajstić information content (AvgIpc) is 2.87.